The Bertz CT molecular complexity index is 880. The van der Waals surface area contributed by atoms with E-state index in [1.807, 2.05) is 24.7 Å². The first kappa shape index (κ1) is 16.3. The van der Waals surface area contributed by atoms with E-state index in [9.17, 15) is 4.79 Å². The van der Waals surface area contributed by atoms with Gasteiger partial charge in [-0.25, -0.2) is 9.13 Å². The van der Waals surface area contributed by atoms with Crippen molar-refractivity contribution in [3.63, 3.8) is 0 Å². The number of carbonyl (C=O) groups excluding carboxylic acids is 1. The molecule has 0 radical (unpaired) electrons. The van der Waals surface area contributed by atoms with Crippen LogP contribution in [0.3, 0.4) is 0 Å². The summed E-state index contributed by atoms with van der Waals surface area (Å²) in [5.74, 6) is 0.525. The van der Waals surface area contributed by atoms with Gasteiger partial charge in [0.15, 0.2) is 5.78 Å². The molecule has 0 saturated carbocycles. The number of anilines is 1. The second kappa shape index (κ2) is 6.49. The van der Waals surface area contributed by atoms with E-state index in [-0.39, 0.29) is 12.3 Å². The van der Waals surface area contributed by atoms with Crippen LogP contribution in [0, 0.1) is 6.92 Å². The number of ketones is 1. The number of rotatable bonds is 4. The number of hydrogen-bond donors (Lipinski definition) is 1. The summed E-state index contributed by atoms with van der Waals surface area (Å²) in [5, 5.41) is 0.611. The van der Waals surface area contributed by atoms with Crippen molar-refractivity contribution < 1.29 is 9.36 Å². The van der Waals surface area contributed by atoms with Crippen LogP contribution in [0.5, 0.6) is 0 Å². The molecule has 0 bridgehead atoms. The van der Waals surface area contributed by atoms with Crippen LogP contribution in [0.2, 0.25) is 5.02 Å². The first-order valence-electron chi connectivity index (χ1n) is 7.66. The van der Waals surface area contributed by atoms with Gasteiger partial charge in [-0.3, -0.25) is 10.5 Å². The standard InChI is InChI=1S/C19H18ClN3O/c1-13-3-5-14(6-4-13)17-11-23(19(21)22(17)2)12-18(24)15-7-9-16(20)10-8-15/h3-11,21H,12H2,1-2H3/p+1. The Labute approximate surface area is 146 Å². The van der Waals surface area contributed by atoms with Crippen molar-refractivity contribution in [1.82, 2.24) is 4.57 Å². The molecule has 0 aliphatic heterocycles. The van der Waals surface area contributed by atoms with Gasteiger partial charge in [-0.05, 0) is 31.2 Å². The van der Waals surface area contributed by atoms with E-state index in [1.165, 1.54) is 5.56 Å². The van der Waals surface area contributed by atoms with Gasteiger partial charge >= 0.3 is 5.95 Å². The number of benzene rings is 2. The van der Waals surface area contributed by atoms with Crippen LogP contribution in [0.25, 0.3) is 11.3 Å². The van der Waals surface area contributed by atoms with Crippen molar-refractivity contribution in [1.29, 1.82) is 0 Å². The molecule has 0 atom stereocenters. The average Bonchev–Trinajstić information content (AvgIpc) is 2.85. The molecular weight excluding hydrogens is 322 g/mol. The van der Waals surface area contributed by atoms with Gasteiger partial charge in [0, 0.05) is 16.1 Å². The second-order valence-corrected chi connectivity index (χ2v) is 6.29. The number of aromatic nitrogens is 2. The molecule has 2 aromatic carbocycles. The fraction of sp³-hybridized carbons (Fsp3) is 0.158. The molecule has 3 rings (SSSR count). The number of nitrogens with two attached hydrogens (primary N) is 1. The van der Waals surface area contributed by atoms with Gasteiger partial charge in [0.25, 0.3) is 0 Å². The summed E-state index contributed by atoms with van der Waals surface area (Å²) in [6, 6.07) is 15.1. The minimum Gasteiger partial charge on any atom is -0.291 e. The van der Waals surface area contributed by atoms with Gasteiger partial charge in [-0.2, -0.15) is 0 Å². The predicted octanol–water partition coefficient (Wildman–Crippen LogP) is 3.41. The second-order valence-electron chi connectivity index (χ2n) is 5.86. The van der Waals surface area contributed by atoms with Crippen LogP contribution in [0.15, 0.2) is 54.7 Å². The van der Waals surface area contributed by atoms with Gasteiger partial charge in [0.05, 0.1) is 7.05 Å². The molecule has 3 aromatic rings. The van der Waals surface area contributed by atoms with Crippen molar-refractivity contribution in [2.75, 3.05) is 5.73 Å². The molecule has 0 aliphatic carbocycles. The molecule has 0 aliphatic rings. The third kappa shape index (κ3) is 3.19. The van der Waals surface area contributed by atoms with Crippen molar-refractivity contribution in [3.05, 3.63) is 70.9 Å². The Morgan fingerprint density at radius 2 is 1.75 bits per heavy atom. The summed E-state index contributed by atoms with van der Waals surface area (Å²) < 4.78 is 3.66. The molecule has 24 heavy (non-hydrogen) atoms. The minimum absolute atomic E-state index is 0.00979. The highest BCUT2D eigenvalue weighted by atomic mass is 35.5. The van der Waals surface area contributed by atoms with E-state index in [1.54, 1.807) is 28.8 Å². The fourth-order valence-electron chi connectivity index (χ4n) is 2.62. The summed E-state index contributed by atoms with van der Waals surface area (Å²) in [4.78, 5) is 12.5. The summed E-state index contributed by atoms with van der Waals surface area (Å²) in [6.45, 7) is 2.24. The third-order valence-corrected chi connectivity index (χ3v) is 4.36. The Balaban J connectivity index is 1.89. The molecule has 0 unspecified atom stereocenters. The highest BCUT2D eigenvalue weighted by molar-refractivity contribution is 6.30. The lowest BCUT2D eigenvalue weighted by atomic mass is 10.1. The molecule has 1 heterocycles. The lowest BCUT2D eigenvalue weighted by Crippen LogP contribution is -2.39. The first-order valence-corrected chi connectivity index (χ1v) is 8.04. The molecule has 122 valence electrons. The Morgan fingerprint density at radius 3 is 2.38 bits per heavy atom. The fourth-order valence-corrected chi connectivity index (χ4v) is 2.74. The number of nitrogen functional groups attached to an aromatic ring is 1. The van der Waals surface area contributed by atoms with Crippen molar-refractivity contribution in [2.45, 2.75) is 13.5 Å². The highest BCUT2D eigenvalue weighted by Gasteiger charge is 2.20. The number of carbonyl (C=O) groups is 1. The number of imidazole rings is 1. The summed E-state index contributed by atoms with van der Waals surface area (Å²) in [5.41, 5.74) is 10.0. The van der Waals surface area contributed by atoms with Gasteiger partial charge in [-0.15, -0.1) is 0 Å². The largest absolute Gasteiger partial charge is 0.355 e. The molecule has 5 heteroatoms. The Morgan fingerprint density at radius 1 is 1.12 bits per heavy atom. The number of halogens is 1. The zero-order valence-corrected chi connectivity index (χ0v) is 14.4. The lowest BCUT2D eigenvalue weighted by molar-refractivity contribution is -0.667. The van der Waals surface area contributed by atoms with E-state index in [2.05, 4.69) is 24.3 Å². The van der Waals surface area contributed by atoms with Crippen LogP contribution in [-0.4, -0.2) is 10.4 Å². The Hall–Kier alpha value is -2.59. The zero-order chi connectivity index (χ0) is 17.3. The predicted molar refractivity (Wildman–Crippen MR) is 96.0 cm³/mol. The van der Waals surface area contributed by atoms with E-state index in [0.29, 0.717) is 16.5 Å². The average molecular weight is 341 g/mol. The maximum Gasteiger partial charge on any atom is 0.355 e. The monoisotopic (exact) mass is 340 g/mol. The van der Waals surface area contributed by atoms with Crippen molar-refractivity contribution >= 4 is 23.3 Å². The van der Waals surface area contributed by atoms with E-state index >= 15 is 0 Å². The van der Waals surface area contributed by atoms with E-state index < -0.39 is 0 Å². The first-order chi connectivity index (χ1) is 11.5. The van der Waals surface area contributed by atoms with Gasteiger partial charge in [0.1, 0.15) is 18.4 Å². The van der Waals surface area contributed by atoms with Crippen LogP contribution in [-0.2, 0) is 13.6 Å². The molecule has 0 fully saturated rings. The minimum atomic E-state index is -0.00979. The van der Waals surface area contributed by atoms with Crippen LogP contribution < -0.4 is 10.3 Å². The molecule has 0 amide bonds. The summed E-state index contributed by atoms with van der Waals surface area (Å²) in [7, 11) is 1.90. The number of hydrogen-bond acceptors (Lipinski definition) is 2. The molecule has 0 saturated heterocycles. The van der Waals surface area contributed by atoms with E-state index in [0.717, 1.165) is 11.3 Å². The maximum atomic E-state index is 12.5. The quantitative estimate of drug-likeness (QED) is 0.584. The summed E-state index contributed by atoms with van der Waals surface area (Å²) >= 11 is 5.86. The van der Waals surface area contributed by atoms with Gasteiger partial charge in [-0.1, -0.05) is 41.4 Å². The lowest BCUT2D eigenvalue weighted by Gasteiger charge is -2.00. The SMILES string of the molecule is Cc1ccc(-c2c[n+](CC(=O)c3ccc(Cl)cc3)c(N)n2C)cc1. The van der Waals surface area contributed by atoms with Crippen LogP contribution in [0.1, 0.15) is 15.9 Å². The molecule has 0 spiro atoms. The normalized spacial score (nSPS) is 10.8. The number of aryl methyl sites for hydroxylation is 1. The molecule has 1 aromatic heterocycles. The molecule has 4 nitrogen and oxygen atoms in total. The third-order valence-electron chi connectivity index (χ3n) is 4.10. The molecular formula is C19H19ClN3O+. The Kier molecular flexibility index (Phi) is 4.40. The van der Waals surface area contributed by atoms with Crippen molar-refractivity contribution in [3.8, 4) is 11.3 Å². The van der Waals surface area contributed by atoms with Crippen LogP contribution in [0.4, 0.5) is 5.95 Å². The van der Waals surface area contributed by atoms with E-state index in [4.69, 9.17) is 17.3 Å². The van der Waals surface area contributed by atoms with Gasteiger partial charge in [0.2, 0.25) is 0 Å². The highest BCUT2D eigenvalue weighted by Crippen LogP contribution is 2.20. The number of Topliss-reactive ketones (excluding diaryl/α,β-unsaturated/α-hetero) is 1. The zero-order valence-electron chi connectivity index (χ0n) is 13.7. The van der Waals surface area contributed by atoms with Crippen molar-refractivity contribution in [2.24, 2.45) is 7.05 Å². The topological polar surface area (TPSA) is 51.9 Å². The van der Waals surface area contributed by atoms with Gasteiger partial charge < -0.3 is 0 Å². The van der Waals surface area contributed by atoms with Crippen LogP contribution >= 0.6 is 11.6 Å². The smallest absolute Gasteiger partial charge is 0.291 e. The molecule has 2 N–H and O–H groups in total. The summed E-state index contributed by atoms with van der Waals surface area (Å²) in [6.07, 6.45) is 1.91. The maximum absolute atomic E-state index is 12.5. The number of nitrogens with zero attached hydrogens (tertiary/aromatic N) is 2.